The van der Waals surface area contributed by atoms with Crippen molar-refractivity contribution in [3.8, 4) is 0 Å². The van der Waals surface area contributed by atoms with Crippen LogP contribution >= 0.6 is 0 Å². The third-order valence-electron chi connectivity index (χ3n) is 0.925. The van der Waals surface area contributed by atoms with Crippen molar-refractivity contribution in [2.45, 2.75) is 6.92 Å². The topological polar surface area (TPSA) is 29.5 Å². The molecule has 2 nitrogen and oxygen atoms in total. The van der Waals surface area contributed by atoms with Crippen molar-refractivity contribution in [1.29, 1.82) is 0 Å². The molecule has 0 saturated heterocycles. The molecule has 0 amide bonds. The summed E-state index contributed by atoms with van der Waals surface area (Å²) in [5.74, 6) is 0.237. The third-order valence-corrected chi connectivity index (χ3v) is 0.925. The Morgan fingerprint density at radius 1 is 1.78 bits per heavy atom. The molecule has 0 saturated carbocycles. The number of aliphatic hydroxyl groups is 1. The van der Waals surface area contributed by atoms with E-state index in [2.05, 4.69) is 0 Å². The quantitative estimate of drug-likeness (QED) is 0.457. The molecular weight excluding hydrogens is 112 g/mol. The van der Waals surface area contributed by atoms with E-state index in [0.29, 0.717) is 6.61 Å². The predicted molar refractivity (Wildman–Crippen MR) is 42.3 cm³/mol. The van der Waals surface area contributed by atoms with E-state index in [0.717, 1.165) is 0 Å². The molecule has 0 aliphatic heterocycles. The Balaban J connectivity index is 3.06. The average molecular weight is 124 g/mol. The van der Waals surface area contributed by atoms with Gasteiger partial charge in [-0.05, 0) is 0 Å². The van der Waals surface area contributed by atoms with Crippen LogP contribution in [0.3, 0.4) is 0 Å². The summed E-state index contributed by atoms with van der Waals surface area (Å²) in [6, 6.07) is 0. The summed E-state index contributed by atoms with van der Waals surface area (Å²) in [5.41, 5.74) is 0. The van der Waals surface area contributed by atoms with Gasteiger partial charge in [-0.3, -0.25) is 0 Å². The van der Waals surface area contributed by atoms with Gasteiger partial charge in [0.1, 0.15) is 0 Å². The molecule has 0 radical (unpaired) electrons. The summed E-state index contributed by atoms with van der Waals surface area (Å²) in [5, 5.41) is 8.53. The Morgan fingerprint density at radius 2 is 2.44 bits per heavy atom. The van der Waals surface area contributed by atoms with Crippen LogP contribution in [0.2, 0.25) is 0 Å². The summed E-state index contributed by atoms with van der Waals surface area (Å²) in [6.07, 6.45) is 0. The monoisotopic (exact) mass is 124 g/mol. The molecule has 0 fully saturated rings. The van der Waals surface area contributed by atoms with Crippen LogP contribution in [0.1, 0.15) is 6.92 Å². The van der Waals surface area contributed by atoms with E-state index in [9.17, 15) is 0 Å². The van der Waals surface area contributed by atoms with Crippen LogP contribution in [0, 0.1) is 5.92 Å². The molecule has 0 aromatic rings. The van der Waals surface area contributed by atoms with Gasteiger partial charge in [-0.2, -0.15) is 0 Å². The maximum atomic E-state index is 8.53. The maximum absolute atomic E-state index is 8.53. The van der Waals surface area contributed by atoms with Crippen LogP contribution in [0.25, 0.3) is 0 Å². The first kappa shape index (κ1) is 8.95. The minimum absolute atomic E-state index is 0.192. The predicted octanol–water partition coefficient (Wildman–Crippen LogP) is -1.58. The number of hydrogen-bond donors (Lipinski definition) is 1. The second-order valence-electron chi connectivity index (χ2n) is 2.09. The molecule has 48 valence electrons. The summed E-state index contributed by atoms with van der Waals surface area (Å²) < 4.78 is 4.99. The van der Waals surface area contributed by atoms with Crippen LogP contribution in [0.5, 0.6) is 0 Å². The fourth-order valence-electron chi connectivity index (χ4n) is 0.369. The Morgan fingerprint density at radius 3 is 2.89 bits per heavy atom. The van der Waals surface area contributed by atoms with Gasteiger partial charge in [-0.1, -0.05) is 0 Å². The zero-order valence-electron chi connectivity index (χ0n) is 6.00. The summed E-state index contributed by atoms with van der Waals surface area (Å²) in [6.45, 7) is 4.55. The van der Waals surface area contributed by atoms with Gasteiger partial charge in [0.2, 0.25) is 0 Å². The van der Waals surface area contributed by atoms with Gasteiger partial charge in [0.05, 0.1) is 0 Å². The molecule has 0 aromatic heterocycles. The van der Waals surface area contributed by atoms with E-state index >= 15 is 0 Å². The molecule has 0 aliphatic rings. The molecule has 0 aromatic carbocycles. The van der Waals surface area contributed by atoms with Gasteiger partial charge < -0.3 is 0 Å². The molecule has 1 atom stereocenters. The zero-order chi connectivity index (χ0) is 7.11. The van der Waals surface area contributed by atoms with E-state index in [-0.39, 0.29) is 12.5 Å². The molecule has 5 heteroatoms. The first-order chi connectivity index (χ1) is 4.31. The first-order valence-corrected chi connectivity index (χ1v) is 3.15. The average Bonchev–Trinajstić information content (AvgIpc) is 1.89. The second-order valence-corrected chi connectivity index (χ2v) is 2.09. The van der Waals surface area contributed by atoms with Crippen molar-refractivity contribution in [2.75, 3.05) is 13.2 Å². The standard InChI is InChI=1S/C4H11B3O2/c1-4(2-8)3-9-7-6-5/h4,8H,2-3,5H2,1H3. The van der Waals surface area contributed by atoms with E-state index < -0.39 is 0 Å². The number of rotatable bonds is 4. The first-order valence-electron chi connectivity index (χ1n) is 3.15. The summed E-state index contributed by atoms with van der Waals surface area (Å²) >= 11 is 0. The molecule has 0 heterocycles. The second kappa shape index (κ2) is 6.08. The zero-order valence-corrected chi connectivity index (χ0v) is 6.00. The Bertz CT molecular complexity index is 85.9. The molecule has 0 spiro atoms. The van der Waals surface area contributed by atoms with Crippen molar-refractivity contribution < 1.29 is 9.76 Å². The minimum atomic E-state index is 0.192. The van der Waals surface area contributed by atoms with Crippen molar-refractivity contribution in [1.82, 2.24) is 0 Å². The van der Waals surface area contributed by atoms with Crippen LogP contribution in [-0.4, -0.2) is 39.8 Å². The Labute approximate surface area is 58.1 Å². The molecule has 9 heavy (non-hydrogen) atoms. The van der Waals surface area contributed by atoms with E-state index in [1.807, 2.05) is 21.4 Å². The Hall–Kier alpha value is -0.0452. The van der Waals surface area contributed by atoms with E-state index in [1.165, 1.54) is 0 Å². The normalized spacial score (nSPS) is 12.2. The van der Waals surface area contributed by atoms with Gasteiger partial charge in [0.15, 0.2) is 0 Å². The van der Waals surface area contributed by atoms with Crippen molar-refractivity contribution in [2.24, 2.45) is 5.92 Å². The van der Waals surface area contributed by atoms with Gasteiger partial charge in [-0.15, -0.1) is 0 Å². The molecule has 0 rings (SSSR count). The van der Waals surface area contributed by atoms with E-state index in [4.69, 9.17) is 9.76 Å². The van der Waals surface area contributed by atoms with Crippen LogP contribution in [0.4, 0.5) is 0 Å². The summed E-state index contributed by atoms with van der Waals surface area (Å²) in [7, 11) is 3.52. The Kier molecular flexibility index (Phi) is 6.05. The van der Waals surface area contributed by atoms with Crippen molar-refractivity contribution >= 4 is 21.4 Å². The van der Waals surface area contributed by atoms with Crippen LogP contribution in [0.15, 0.2) is 0 Å². The molecule has 0 bridgehead atoms. The molecule has 1 N–H and O–H groups in total. The fourth-order valence-corrected chi connectivity index (χ4v) is 0.369. The van der Waals surface area contributed by atoms with Gasteiger partial charge in [0.25, 0.3) is 0 Å². The summed E-state index contributed by atoms with van der Waals surface area (Å²) in [4.78, 5) is 0. The number of aliphatic hydroxyl groups excluding tert-OH is 1. The van der Waals surface area contributed by atoms with Crippen molar-refractivity contribution in [3.05, 3.63) is 0 Å². The van der Waals surface area contributed by atoms with E-state index in [1.54, 1.807) is 7.00 Å². The van der Waals surface area contributed by atoms with Gasteiger partial charge >= 0.3 is 57.3 Å². The SMILES string of the molecule is BB=BOCC(C)CO. The van der Waals surface area contributed by atoms with Gasteiger partial charge in [0, 0.05) is 0 Å². The fraction of sp³-hybridized carbons (Fsp3) is 1.00. The third kappa shape index (κ3) is 5.83. The number of hydrogen-bond acceptors (Lipinski definition) is 2. The van der Waals surface area contributed by atoms with Crippen LogP contribution < -0.4 is 0 Å². The van der Waals surface area contributed by atoms with Gasteiger partial charge in [-0.25, -0.2) is 0 Å². The molecule has 0 aliphatic carbocycles. The van der Waals surface area contributed by atoms with Crippen molar-refractivity contribution in [3.63, 3.8) is 0 Å². The van der Waals surface area contributed by atoms with Crippen LogP contribution in [-0.2, 0) is 4.65 Å². The molecular formula is C4H11B3O2. The molecule has 1 unspecified atom stereocenters.